The maximum absolute atomic E-state index is 11.5. The predicted molar refractivity (Wildman–Crippen MR) is 80.2 cm³/mol. The van der Waals surface area contributed by atoms with E-state index in [0.717, 1.165) is 12.8 Å². The van der Waals surface area contributed by atoms with E-state index in [2.05, 4.69) is 15.9 Å². The van der Waals surface area contributed by atoms with Crippen LogP contribution in [-0.2, 0) is 16.1 Å². The average Bonchev–Trinajstić information content (AvgIpc) is 2.42. The van der Waals surface area contributed by atoms with Crippen molar-refractivity contribution in [1.29, 1.82) is 0 Å². The van der Waals surface area contributed by atoms with Crippen molar-refractivity contribution in [2.45, 2.75) is 39.2 Å². The van der Waals surface area contributed by atoms with Crippen LogP contribution in [0.15, 0.2) is 21.7 Å². The van der Waals surface area contributed by atoms with Gasteiger partial charge in [0.2, 0.25) is 0 Å². The van der Waals surface area contributed by atoms with Gasteiger partial charge in [0.25, 0.3) is 5.43 Å². The second-order valence-corrected chi connectivity index (χ2v) is 5.29. The Bertz CT molecular complexity index is 570. The SMILES string of the molecule is CCOC(=O)CCCCCn1cc(Br)c(=O)c([N+](=O)[O-])c1. The summed E-state index contributed by atoms with van der Waals surface area (Å²) >= 11 is 3.03. The van der Waals surface area contributed by atoms with E-state index in [4.69, 9.17) is 4.74 Å². The number of halogens is 1. The molecule has 0 atom stereocenters. The monoisotopic (exact) mass is 360 g/mol. The molecule has 0 aliphatic rings. The third-order valence-electron chi connectivity index (χ3n) is 2.82. The lowest BCUT2D eigenvalue weighted by Gasteiger charge is -2.07. The molecule has 0 aliphatic heterocycles. The topological polar surface area (TPSA) is 91.4 Å². The van der Waals surface area contributed by atoms with Gasteiger partial charge in [0.1, 0.15) is 0 Å². The van der Waals surface area contributed by atoms with Crippen LogP contribution in [0.25, 0.3) is 0 Å². The van der Waals surface area contributed by atoms with Gasteiger partial charge in [-0.2, -0.15) is 0 Å². The third-order valence-corrected chi connectivity index (χ3v) is 3.38. The Labute approximate surface area is 130 Å². The van der Waals surface area contributed by atoms with Crippen molar-refractivity contribution in [3.8, 4) is 0 Å². The van der Waals surface area contributed by atoms with Gasteiger partial charge in [-0.1, -0.05) is 6.42 Å². The van der Waals surface area contributed by atoms with Crippen LogP contribution >= 0.6 is 15.9 Å². The van der Waals surface area contributed by atoms with Gasteiger partial charge in [-0.25, -0.2) is 0 Å². The molecule has 0 unspecified atom stereocenters. The molecule has 0 radical (unpaired) electrons. The van der Waals surface area contributed by atoms with Gasteiger partial charge in [-0.05, 0) is 35.7 Å². The van der Waals surface area contributed by atoms with Crippen molar-refractivity contribution in [2.75, 3.05) is 6.61 Å². The second-order valence-electron chi connectivity index (χ2n) is 4.43. The first-order chi connectivity index (χ1) is 9.95. The summed E-state index contributed by atoms with van der Waals surface area (Å²) in [6, 6.07) is 0. The Morgan fingerprint density at radius 1 is 1.38 bits per heavy atom. The van der Waals surface area contributed by atoms with Crippen LogP contribution in [0, 0.1) is 10.1 Å². The number of hydrogen-bond acceptors (Lipinski definition) is 5. The predicted octanol–water partition coefficient (Wildman–Crippen LogP) is 2.64. The van der Waals surface area contributed by atoms with Crippen molar-refractivity contribution in [2.24, 2.45) is 0 Å². The molecule has 7 nitrogen and oxygen atoms in total. The van der Waals surface area contributed by atoms with Crippen LogP contribution in [0.1, 0.15) is 32.6 Å². The van der Waals surface area contributed by atoms with Crippen LogP contribution in [0.3, 0.4) is 0 Å². The van der Waals surface area contributed by atoms with Crippen LogP contribution in [0.4, 0.5) is 5.69 Å². The zero-order chi connectivity index (χ0) is 15.8. The Kier molecular flexibility index (Phi) is 7.07. The van der Waals surface area contributed by atoms with Crippen LogP contribution in [0.5, 0.6) is 0 Å². The van der Waals surface area contributed by atoms with E-state index in [1.54, 1.807) is 11.5 Å². The first-order valence-electron chi connectivity index (χ1n) is 6.65. The fourth-order valence-electron chi connectivity index (χ4n) is 1.81. The molecule has 1 aromatic rings. The molecule has 0 fully saturated rings. The second kappa shape index (κ2) is 8.56. The molecule has 0 saturated carbocycles. The quantitative estimate of drug-likeness (QED) is 0.307. The molecule has 0 bridgehead atoms. The maximum Gasteiger partial charge on any atom is 0.333 e. The Balaban J connectivity index is 2.48. The maximum atomic E-state index is 11.5. The molecule has 0 aromatic carbocycles. The minimum atomic E-state index is -0.690. The summed E-state index contributed by atoms with van der Waals surface area (Å²) in [6.07, 6.45) is 5.41. The third kappa shape index (κ3) is 5.66. The molecule has 0 aliphatic carbocycles. The van der Waals surface area contributed by atoms with Crippen molar-refractivity contribution in [1.82, 2.24) is 4.57 Å². The largest absolute Gasteiger partial charge is 0.466 e. The standard InChI is InChI=1S/C13H17BrN2O5/c1-2-21-12(17)6-4-3-5-7-15-8-10(14)13(18)11(9-15)16(19)20/h8-9H,2-7H2,1H3. The number of unbranched alkanes of at least 4 members (excludes halogenated alkanes) is 2. The van der Waals surface area contributed by atoms with Crippen molar-refractivity contribution < 1.29 is 14.5 Å². The molecular weight excluding hydrogens is 344 g/mol. The van der Waals surface area contributed by atoms with E-state index >= 15 is 0 Å². The first kappa shape index (κ1) is 17.4. The normalized spacial score (nSPS) is 10.4. The molecule has 21 heavy (non-hydrogen) atoms. The minimum absolute atomic E-state index is 0.170. The van der Waals surface area contributed by atoms with E-state index < -0.39 is 16.0 Å². The summed E-state index contributed by atoms with van der Waals surface area (Å²) in [4.78, 5) is 32.7. The number of aryl methyl sites for hydroxylation is 1. The number of ether oxygens (including phenoxy) is 1. The highest BCUT2D eigenvalue weighted by Gasteiger charge is 2.15. The number of carbonyl (C=O) groups is 1. The van der Waals surface area contributed by atoms with Gasteiger partial charge in [0, 0.05) is 19.2 Å². The Morgan fingerprint density at radius 2 is 2.10 bits per heavy atom. The molecule has 0 amide bonds. The lowest BCUT2D eigenvalue weighted by atomic mass is 10.2. The molecule has 0 saturated heterocycles. The summed E-state index contributed by atoms with van der Waals surface area (Å²) in [6.45, 7) is 2.69. The molecule has 0 N–H and O–H groups in total. The zero-order valence-corrected chi connectivity index (χ0v) is 13.3. The van der Waals surface area contributed by atoms with Crippen molar-refractivity contribution >= 4 is 27.6 Å². The summed E-state index contributed by atoms with van der Waals surface area (Å²) in [5.41, 5.74) is -1.07. The lowest BCUT2D eigenvalue weighted by Crippen LogP contribution is -2.13. The van der Waals surface area contributed by atoms with Crippen molar-refractivity contribution in [3.05, 3.63) is 37.2 Å². The van der Waals surface area contributed by atoms with Gasteiger partial charge in [0.05, 0.1) is 22.2 Å². The number of carbonyl (C=O) groups excluding carboxylic acids is 1. The zero-order valence-electron chi connectivity index (χ0n) is 11.7. The number of rotatable bonds is 8. The Morgan fingerprint density at radius 3 is 2.71 bits per heavy atom. The number of hydrogen-bond donors (Lipinski definition) is 0. The minimum Gasteiger partial charge on any atom is -0.466 e. The van der Waals surface area contributed by atoms with Gasteiger partial charge in [-0.15, -0.1) is 0 Å². The summed E-state index contributed by atoms with van der Waals surface area (Å²) in [5.74, 6) is -0.209. The summed E-state index contributed by atoms with van der Waals surface area (Å²) < 4.78 is 6.59. The van der Waals surface area contributed by atoms with Crippen LogP contribution < -0.4 is 5.43 Å². The molecule has 0 spiro atoms. The number of aromatic nitrogens is 1. The van der Waals surface area contributed by atoms with E-state index in [0.29, 0.717) is 26.0 Å². The molecule has 8 heteroatoms. The van der Waals surface area contributed by atoms with Gasteiger partial charge >= 0.3 is 11.7 Å². The van der Waals surface area contributed by atoms with E-state index in [9.17, 15) is 19.7 Å². The molecule has 116 valence electrons. The lowest BCUT2D eigenvalue weighted by molar-refractivity contribution is -0.386. The smallest absolute Gasteiger partial charge is 0.333 e. The highest BCUT2D eigenvalue weighted by atomic mass is 79.9. The first-order valence-corrected chi connectivity index (χ1v) is 7.44. The highest BCUT2D eigenvalue weighted by Crippen LogP contribution is 2.12. The van der Waals surface area contributed by atoms with Crippen LogP contribution in [-0.4, -0.2) is 22.1 Å². The number of pyridine rings is 1. The highest BCUT2D eigenvalue weighted by molar-refractivity contribution is 9.10. The summed E-state index contributed by atoms with van der Waals surface area (Å²) in [7, 11) is 0. The van der Waals surface area contributed by atoms with Gasteiger partial charge < -0.3 is 9.30 Å². The fraction of sp³-hybridized carbons (Fsp3) is 0.538. The van der Waals surface area contributed by atoms with E-state index in [-0.39, 0.29) is 10.4 Å². The fourth-order valence-corrected chi connectivity index (χ4v) is 2.28. The molecule has 1 rings (SSSR count). The molecule has 1 heterocycles. The Hall–Kier alpha value is -1.70. The summed E-state index contributed by atoms with van der Waals surface area (Å²) in [5, 5.41) is 10.8. The molecule has 1 aromatic heterocycles. The van der Waals surface area contributed by atoms with Crippen LogP contribution in [0.2, 0.25) is 0 Å². The van der Waals surface area contributed by atoms with E-state index in [1.165, 1.54) is 12.4 Å². The van der Waals surface area contributed by atoms with Crippen molar-refractivity contribution in [3.63, 3.8) is 0 Å². The number of nitro groups is 1. The average molecular weight is 361 g/mol. The van der Waals surface area contributed by atoms with Gasteiger partial charge in [0.15, 0.2) is 0 Å². The van der Waals surface area contributed by atoms with Gasteiger partial charge in [-0.3, -0.25) is 19.7 Å². The number of esters is 1. The number of nitrogens with zero attached hydrogens (tertiary/aromatic N) is 2. The molecular formula is C13H17BrN2O5. The van der Waals surface area contributed by atoms with E-state index in [1.807, 2.05) is 0 Å².